The summed E-state index contributed by atoms with van der Waals surface area (Å²) >= 11 is 0. The number of hydrogen-bond acceptors (Lipinski definition) is 3. The lowest BCUT2D eigenvalue weighted by Gasteiger charge is -1.97. The molecule has 0 bridgehead atoms. The van der Waals surface area contributed by atoms with Gasteiger partial charge >= 0.3 is 0 Å². The maximum atomic E-state index is 5.11. The van der Waals surface area contributed by atoms with Crippen molar-refractivity contribution in [1.29, 1.82) is 0 Å². The molecule has 1 radical (unpaired) electrons. The highest BCUT2D eigenvalue weighted by atomic mass is 16.5. The fraction of sp³-hybridized carbons (Fsp3) is 0.500. The molecular formula is C4H7N2O. The van der Waals surface area contributed by atoms with Crippen LogP contribution < -0.4 is 5.73 Å². The summed E-state index contributed by atoms with van der Waals surface area (Å²) in [5.74, 6) is 0. The Morgan fingerprint density at radius 1 is 2.00 bits per heavy atom. The number of amidine groups is 1. The van der Waals surface area contributed by atoms with Crippen molar-refractivity contribution in [1.82, 2.24) is 0 Å². The van der Waals surface area contributed by atoms with Crippen LogP contribution in [0.25, 0.3) is 0 Å². The van der Waals surface area contributed by atoms with E-state index in [0.29, 0.717) is 6.54 Å². The molecule has 1 aliphatic rings. The molecule has 7 heavy (non-hydrogen) atoms. The molecular weight excluding hydrogens is 92.1 g/mol. The van der Waals surface area contributed by atoms with Crippen molar-refractivity contribution in [2.24, 2.45) is 10.7 Å². The monoisotopic (exact) mass is 99.1 g/mol. The van der Waals surface area contributed by atoms with Gasteiger partial charge in [-0.05, 0) is 6.92 Å². The van der Waals surface area contributed by atoms with E-state index in [0.717, 1.165) is 0 Å². The van der Waals surface area contributed by atoms with Crippen molar-refractivity contribution in [2.45, 2.75) is 6.10 Å². The minimum atomic E-state index is -0.0556. The van der Waals surface area contributed by atoms with Gasteiger partial charge in [0.25, 0.3) is 6.02 Å². The third kappa shape index (κ3) is 0.824. The van der Waals surface area contributed by atoms with E-state index >= 15 is 0 Å². The van der Waals surface area contributed by atoms with Gasteiger partial charge < -0.3 is 10.5 Å². The van der Waals surface area contributed by atoms with Gasteiger partial charge in [-0.3, -0.25) is 0 Å². The summed E-state index contributed by atoms with van der Waals surface area (Å²) in [5.41, 5.74) is 5.11. The lowest BCUT2D eigenvalue weighted by molar-refractivity contribution is 0.268. The van der Waals surface area contributed by atoms with Crippen LogP contribution in [0.4, 0.5) is 0 Å². The second-order valence-electron chi connectivity index (χ2n) is 1.42. The van der Waals surface area contributed by atoms with E-state index < -0.39 is 0 Å². The first kappa shape index (κ1) is 4.43. The first-order chi connectivity index (χ1) is 3.29. The Hall–Kier alpha value is -0.730. The summed E-state index contributed by atoms with van der Waals surface area (Å²) in [6, 6.07) is 0.264. The number of hydrogen-bond donors (Lipinski definition) is 1. The SMILES string of the molecule is [CH2]C1CN=C(N)O1. The first-order valence-corrected chi connectivity index (χ1v) is 2.08. The molecule has 1 atom stereocenters. The molecule has 1 aliphatic heterocycles. The highest BCUT2D eigenvalue weighted by molar-refractivity contribution is 5.73. The third-order valence-corrected chi connectivity index (χ3v) is 0.738. The number of aliphatic imine (C=N–C) groups is 1. The molecule has 1 heterocycles. The van der Waals surface area contributed by atoms with E-state index in [9.17, 15) is 0 Å². The molecule has 3 nitrogen and oxygen atoms in total. The van der Waals surface area contributed by atoms with Gasteiger partial charge in [-0.2, -0.15) is 0 Å². The minimum absolute atomic E-state index is 0.0556. The maximum absolute atomic E-state index is 5.11. The molecule has 0 aromatic carbocycles. The van der Waals surface area contributed by atoms with E-state index in [1.807, 2.05) is 0 Å². The van der Waals surface area contributed by atoms with E-state index in [2.05, 4.69) is 11.9 Å². The molecule has 0 aromatic heterocycles. The van der Waals surface area contributed by atoms with E-state index in [4.69, 9.17) is 10.5 Å². The lowest BCUT2D eigenvalue weighted by Crippen LogP contribution is -2.15. The summed E-state index contributed by atoms with van der Waals surface area (Å²) < 4.78 is 4.78. The van der Waals surface area contributed by atoms with Crippen molar-refractivity contribution < 1.29 is 4.74 Å². The molecule has 0 spiro atoms. The Labute approximate surface area is 42.2 Å². The predicted octanol–water partition coefficient (Wildman–Crippen LogP) is -0.466. The first-order valence-electron chi connectivity index (χ1n) is 2.08. The summed E-state index contributed by atoms with van der Waals surface area (Å²) in [7, 11) is 0. The Morgan fingerprint density at radius 2 is 2.71 bits per heavy atom. The largest absolute Gasteiger partial charge is 0.460 e. The van der Waals surface area contributed by atoms with Crippen LogP contribution in [-0.4, -0.2) is 18.7 Å². The van der Waals surface area contributed by atoms with Gasteiger partial charge in [0.15, 0.2) is 0 Å². The second-order valence-corrected chi connectivity index (χ2v) is 1.42. The normalized spacial score (nSPS) is 29.3. The molecule has 2 N–H and O–H groups in total. The van der Waals surface area contributed by atoms with Crippen LogP contribution in [0.2, 0.25) is 0 Å². The average Bonchev–Trinajstić information content (AvgIpc) is 1.87. The highest BCUT2D eigenvalue weighted by Gasteiger charge is 2.09. The fourth-order valence-corrected chi connectivity index (χ4v) is 0.437. The highest BCUT2D eigenvalue weighted by Crippen LogP contribution is 1.97. The molecule has 39 valence electrons. The molecule has 1 rings (SSSR count). The van der Waals surface area contributed by atoms with Crippen LogP contribution in [0.15, 0.2) is 4.99 Å². The van der Waals surface area contributed by atoms with Crippen LogP contribution in [0, 0.1) is 6.92 Å². The zero-order chi connectivity index (χ0) is 5.28. The van der Waals surface area contributed by atoms with E-state index in [1.54, 1.807) is 0 Å². The number of nitrogens with zero attached hydrogens (tertiary/aromatic N) is 1. The van der Waals surface area contributed by atoms with Crippen LogP contribution in [0.5, 0.6) is 0 Å². The van der Waals surface area contributed by atoms with Crippen LogP contribution in [0.1, 0.15) is 0 Å². The van der Waals surface area contributed by atoms with Crippen molar-refractivity contribution in [3.8, 4) is 0 Å². The fourth-order valence-electron chi connectivity index (χ4n) is 0.437. The third-order valence-electron chi connectivity index (χ3n) is 0.738. The minimum Gasteiger partial charge on any atom is -0.460 e. The zero-order valence-electron chi connectivity index (χ0n) is 3.92. The molecule has 3 heteroatoms. The Morgan fingerprint density at radius 3 is 2.86 bits per heavy atom. The quantitative estimate of drug-likeness (QED) is 0.446. The van der Waals surface area contributed by atoms with Crippen molar-refractivity contribution in [2.75, 3.05) is 6.54 Å². The molecule has 0 aliphatic carbocycles. The second kappa shape index (κ2) is 1.40. The van der Waals surface area contributed by atoms with Gasteiger partial charge in [0, 0.05) is 0 Å². The van der Waals surface area contributed by atoms with Gasteiger partial charge in [0.1, 0.15) is 6.10 Å². The Kier molecular flexibility index (Phi) is 0.889. The van der Waals surface area contributed by atoms with Crippen LogP contribution >= 0.6 is 0 Å². The van der Waals surface area contributed by atoms with Gasteiger partial charge in [-0.25, -0.2) is 4.99 Å². The van der Waals surface area contributed by atoms with Gasteiger partial charge in [0.2, 0.25) is 0 Å². The number of rotatable bonds is 0. The summed E-state index contributed by atoms with van der Waals surface area (Å²) in [5, 5.41) is 0. The lowest BCUT2D eigenvalue weighted by atomic mass is 10.4. The van der Waals surface area contributed by atoms with Crippen molar-refractivity contribution in [3.05, 3.63) is 6.92 Å². The maximum Gasteiger partial charge on any atom is 0.282 e. The molecule has 0 aromatic rings. The van der Waals surface area contributed by atoms with Crippen LogP contribution in [-0.2, 0) is 4.74 Å². The molecule has 0 amide bonds. The van der Waals surface area contributed by atoms with Gasteiger partial charge in [-0.15, -0.1) is 0 Å². The van der Waals surface area contributed by atoms with Crippen LogP contribution in [0.3, 0.4) is 0 Å². The molecule has 0 fully saturated rings. The smallest absolute Gasteiger partial charge is 0.282 e. The Bertz CT molecular complexity index is 99.9. The molecule has 0 saturated carbocycles. The Balaban J connectivity index is 2.42. The van der Waals surface area contributed by atoms with Crippen molar-refractivity contribution >= 4 is 6.02 Å². The standard InChI is InChI=1S/C4H7N2O/c1-3-2-6-4(5)7-3/h3H,1-2H2,(H2,5,6). The van der Waals surface area contributed by atoms with Gasteiger partial charge in [0.05, 0.1) is 6.54 Å². The number of nitrogens with two attached hydrogens (primary N) is 1. The summed E-state index contributed by atoms with van der Waals surface area (Å²) in [4.78, 5) is 3.73. The van der Waals surface area contributed by atoms with Gasteiger partial charge in [-0.1, -0.05) is 0 Å². The zero-order valence-corrected chi connectivity index (χ0v) is 3.92. The van der Waals surface area contributed by atoms with E-state index in [1.165, 1.54) is 0 Å². The molecule has 0 saturated heterocycles. The average molecular weight is 99.1 g/mol. The van der Waals surface area contributed by atoms with Crippen molar-refractivity contribution in [3.63, 3.8) is 0 Å². The topological polar surface area (TPSA) is 47.6 Å². The number of ether oxygens (including phenoxy) is 1. The molecule has 1 unspecified atom stereocenters. The summed E-state index contributed by atoms with van der Waals surface area (Å²) in [6.07, 6.45) is -0.0556. The predicted molar refractivity (Wildman–Crippen MR) is 26.7 cm³/mol. The summed E-state index contributed by atoms with van der Waals surface area (Å²) in [6.45, 7) is 4.17. The van der Waals surface area contributed by atoms with E-state index in [-0.39, 0.29) is 12.1 Å².